The maximum absolute atomic E-state index is 12.3. The molecule has 1 N–H and O–H groups in total. The van der Waals surface area contributed by atoms with Crippen LogP contribution in [-0.4, -0.2) is 36.9 Å². The molecular weight excluding hydrogens is 320 g/mol. The van der Waals surface area contributed by atoms with E-state index in [1.54, 1.807) is 0 Å². The van der Waals surface area contributed by atoms with Crippen LogP contribution in [0.3, 0.4) is 0 Å². The van der Waals surface area contributed by atoms with Crippen molar-refractivity contribution in [1.82, 2.24) is 0 Å². The first-order valence-corrected chi connectivity index (χ1v) is 10.1. The minimum absolute atomic E-state index is 0.0532. The fourth-order valence-corrected chi connectivity index (χ4v) is 3.55. The fourth-order valence-electron chi connectivity index (χ4n) is 3.55. The monoisotopic (exact) mass is 356 g/mol. The number of aliphatic hydroxyl groups is 1. The van der Waals surface area contributed by atoms with Gasteiger partial charge in [0.25, 0.3) is 0 Å². The summed E-state index contributed by atoms with van der Waals surface area (Å²) in [4.78, 5) is 24.1. The van der Waals surface area contributed by atoms with Crippen molar-refractivity contribution in [1.29, 1.82) is 0 Å². The van der Waals surface area contributed by atoms with Crippen molar-refractivity contribution in [3.8, 4) is 0 Å². The summed E-state index contributed by atoms with van der Waals surface area (Å²) in [6, 6.07) is 0. The van der Waals surface area contributed by atoms with Crippen LogP contribution in [0.2, 0.25) is 0 Å². The summed E-state index contributed by atoms with van der Waals surface area (Å²) in [6.07, 6.45) is 9.73. The standard InChI is InChI=1S/C20H36O5/c1-3-5-6-8-16(7-4-2)15-25-20(23)18-11-9-17(10-12-18)19(22)24-14-13-21/h16-18,21H,3-15H2,1-2H3. The van der Waals surface area contributed by atoms with Crippen molar-refractivity contribution in [2.24, 2.45) is 17.8 Å². The third-order valence-electron chi connectivity index (χ3n) is 5.10. The van der Waals surface area contributed by atoms with Crippen LogP contribution < -0.4 is 0 Å². The Morgan fingerprint density at radius 3 is 2.04 bits per heavy atom. The number of carbonyl (C=O) groups excluding carboxylic acids is 2. The molecule has 0 radical (unpaired) electrons. The van der Waals surface area contributed by atoms with E-state index in [-0.39, 0.29) is 37.0 Å². The first-order chi connectivity index (χ1) is 12.1. The van der Waals surface area contributed by atoms with E-state index in [2.05, 4.69) is 13.8 Å². The van der Waals surface area contributed by atoms with Crippen molar-refractivity contribution in [3.63, 3.8) is 0 Å². The quantitative estimate of drug-likeness (QED) is 0.424. The van der Waals surface area contributed by atoms with E-state index in [1.165, 1.54) is 19.3 Å². The Balaban J connectivity index is 2.29. The number of ether oxygens (including phenoxy) is 2. The molecule has 5 nitrogen and oxygen atoms in total. The molecule has 0 heterocycles. The predicted molar refractivity (Wildman–Crippen MR) is 97.0 cm³/mol. The Labute approximate surface area is 152 Å². The summed E-state index contributed by atoms with van der Waals surface area (Å²) in [7, 11) is 0. The molecule has 5 heteroatoms. The molecule has 0 amide bonds. The van der Waals surface area contributed by atoms with Crippen LogP contribution in [0.15, 0.2) is 0 Å². The molecule has 0 saturated heterocycles. The maximum Gasteiger partial charge on any atom is 0.309 e. The molecule has 0 bridgehead atoms. The lowest BCUT2D eigenvalue weighted by atomic mass is 9.82. The number of hydrogen-bond donors (Lipinski definition) is 1. The van der Waals surface area contributed by atoms with E-state index in [4.69, 9.17) is 14.6 Å². The first-order valence-electron chi connectivity index (χ1n) is 10.1. The highest BCUT2D eigenvalue weighted by atomic mass is 16.5. The molecule has 1 saturated carbocycles. The van der Waals surface area contributed by atoms with E-state index in [1.807, 2.05) is 0 Å². The summed E-state index contributed by atoms with van der Waals surface area (Å²) in [5, 5.41) is 8.70. The molecule has 1 aliphatic carbocycles. The third-order valence-corrected chi connectivity index (χ3v) is 5.10. The summed E-state index contributed by atoms with van der Waals surface area (Å²) in [6.45, 7) is 4.81. The minimum Gasteiger partial charge on any atom is -0.465 e. The lowest BCUT2D eigenvalue weighted by Gasteiger charge is -2.26. The van der Waals surface area contributed by atoms with Gasteiger partial charge in [0.2, 0.25) is 0 Å². The van der Waals surface area contributed by atoms with Gasteiger partial charge in [0.1, 0.15) is 6.61 Å². The van der Waals surface area contributed by atoms with Crippen LogP contribution in [0.25, 0.3) is 0 Å². The van der Waals surface area contributed by atoms with Crippen LogP contribution in [-0.2, 0) is 19.1 Å². The Kier molecular flexibility index (Phi) is 11.5. The number of unbranched alkanes of at least 4 members (excludes halogenated alkanes) is 2. The maximum atomic E-state index is 12.3. The second-order valence-electron chi connectivity index (χ2n) is 7.22. The Bertz CT molecular complexity index is 374. The SMILES string of the molecule is CCCCCC(CCC)COC(=O)C1CCC(C(=O)OCCO)CC1. The van der Waals surface area contributed by atoms with Gasteiger partial charge in [0, 0.05) is 0 Å². The molecule has 1 fully saturated rings. The van der Waals surface area contributed by atoms with Gasteiger partial charge >= 0.3 is 11.9 Å². The van der Waals surface area contributed by atoms with Crippen molar-refractivity contribution in [2.45, 2.75) is 78.1 Å². The molecule has 146 valence electrons. The normalized spacial score (nSPS) is 21.6. The van der Waals surface area contributed by atoms with E-state index in [0.29, 0.717) is 38.2 Å². The van der Waals surface area contributed by atoms with Gasteiger partial charge in [-0.15, -0.1) is 0 Å². The Morgan fingerprint density at radius 1 is 0.920 bits per heavy atom. The minimum atomic E-state index is -0.250. The van der Waals surface area contributed by atoms with E-state index < -0.39 is 0 Å². The zero-order valence-corrected chi connectivity index (χ0v) is 16.0. The highest BCUT2D eigenvalue weighted by molar-refractivity contribution is 5.75. The van der Waals surface area contributed by atoms with Gasteiger partial charge in [0.15, 0.2) is 0 Å². The largest absolute Gasteiger partial charge is 0.465 e. The van der Waals surface area contributed by atoms with Gasteiger partial charge < -0.3 is 14.6 Å². The summed E-state index contributed by atoms with van der Waals surface area (Å²) in [5.41, 5.74) is 0. The van der Waals surface area contributed by atoms with Crippen molar-refractivity contribution < 1.29 is 24.2 Å². The Hall–Kier alpha value is -1.10. The molecule has 1 atom stereocenters. The number of aliphatic hydroxyl groups excluding tert-OH is 1. The van der Waals surface area contributed by atoms with Crippen molar-refractivity contribution >= 4 is 11.9 Å². The van der Waals surface area contributed by atoms with Gasteiger partial charge in [-0.2, -0.15) is 0 Å². The van der Waals surface area contributed by atoms with Crippen LogP contribution in [0.5, 0.6) is 0 Å². The number of hydrogen-bond acceptors (Lipinski definition) is 5. The number of carbonyl (C=O) groups is 2. The molecule has 0 aliphatic heterocycles. The lowest BCUT2D eigenvalue weighted by molar-refractivity contribution is -0.156. The number of esters is 2. The molecule has 0 aromatic heterocycles. The molecule has 1 unspecified atom stereocenters. The van der Waals surface area contributed by atoms with Crippen LogP contribution in [0, 0.1) is 17.8 Å². The second-order valence-corrected chi connectivity index (χ2v) is 7.22. The predicted octanol–water partition coefficient (Wildman–Crippen LogP) is 3.87. The zero-order chi connectivity index (χ0) is 18.5. The lowest BCUT2D eigenvalue weighted by Crippen LogP contribution is -2.29. The first kappa shape index (κ1) is 21.9. The van der Waals surface area contributed by atoms with Crippen LogP contribution in [0.4, 0.5) is 0 Å². The molecule has 0 aromatic rings. The number of rotatable bonds is 12. The van der Waals surface area contributed by atoms with E-state index >= 15 is 0 Å². The molecule has 1 rings (SSSR count). The molecule has 0 spiro atoms. The van der Waals surface area contributed by atoms with E-state index in [0.717, 1.165) is 19.3 Å². The highest BCUT2D eigenvalue weighted by Gasteiger charge is 2.31. The highest BCUT2D eigenvalue weighted by Crippen LogP contribution is 2.30. The van der Waals surface area contributed by atoms with Gasteiger partial charge in [-0.1, -0.05) is 39.5 Å². The Morgan fingerprint density at radius 2 is 1.52 bits per heavy atom. The zero-order valence-electron chi connectivity index (χ0n) is 16.0. The van der Waals surface area contributed by atoms with Crippen LogP contribution >= 0.6 is 0 Å². The average Bonchev–Trinajstić information content (AvgIpc) is 2.64. The molecule has 1 aliphatic rings. The second kappa shape index (κ2) is 13.2. The van der Waals surface area contributed by atoms with Gasteiger partial charge in [-0.05, 0) is 44.4 Å². The third kappa shape index (κ3) is 8.70. The van der Waals surface area contributed by atoms with Gasteiger partial charge in [0.05, 0.1) is 25.0 Å². The molecular formula is C20H36O5. The fraction of sp³-hybridized carbons (Fsp3) is 0.900. The van der Waals surface area contributed by atoms with Crippen molar-refractivity contribution in [3.05, 3.63) is 0 Å². The topological polar surface area (TPSA) is 72.8 Å². The summed E-state index contributed by atoms with van der Waals surface area (Å²) < 4.78 is 10.6. The molecule has 0 aromatic carbocycles. The molecule has 25 heavy (non-hydrogen) atoms. The summed E-state index contributed by atoms with van der Waals surface area (Å²) in [5.74, 6) is -0.0961. The summed E-state index contributed by atoms with van der Waals surface area (Å²) >= 11 is 0. The smallest absolute Gasteiger partial charge is 0.309 e. The average molecular weight is 357 g/mol. The van der Waals surface area contributed by atoms with Crippen molar-refractivity contribution in [2.75, 3.05) is 19.8 Å². The van der Waals surface area contributed by atoms with E-state index in [9.17, 15) is 9.59 Å². The van der Waals surface area contributed by atoms with Crippen LogP contribution in [0.1, 0.15) is 78.1 Å². The van der Waals surface area contributed by atoms with Gasteiger partial charge in [-0.25, -0.2) is 0 Å². The van der Waals surface area contributed by atoms with Gasteiger partial charge in [-0.3, -0.25) is 9.59 Å².